The third-order valence-electron chi connectivity index (χ3n) is 4.49. The van der Waals surface area contributed by atoms with Gasteiger partial charge in [-0.25, -0.2) is 0 Å². The highest BCUT2D eigenvalue weighted by Crippen LogP contribution is 2.25. The molecular weight excluding hydrogens is 448 g/mol. The minimum absolute atomic E-state index is 0.00768. The zero-order chi connectivity index (χ0) is 20.2. The van der Waals surface area contributed by atoms with E-state index >= 15 is 0 Å². The summed E-state index contributed by atoms with van der Waals surface area (Å²) in [5.41, 5.74) is 0. The summed E-state index contributed by atoms with van der Waals surface area (Å²) in [7, 11) is 0. The van der Waals surface area contributed by atoms with E-state index in [1.165, 1.54) is 16.2 Å². The molecule has 0 radical (unpaired) electrons. The monoisotopic (exact) mass is 466 g/mol. The summed E-state index contributed by atoms with van der Waals surface area (Å²) < 4.78 is 12.7. The van der Waals surface area contributed by atoms with Gasteiger partial charge in [-0.3, -0.25) is 4.79 Å². The molecule has 0 amide bonds. The van der Waals surface area contributed by atoms with Crippen molar-refractivity contribution in [1.82, 2.24) is 0 Å². The van der Waals surface area contributed by atoms with E-state index in [-0.39, 0.29) is 5.78 Å². The maximum Gasteiger partial charge on any atom is 0.195 e. The number of carbonyl (C=O) groups is 1. The number of fused-ring (bicyclic) bond motifs is 1. The average Bonchev–Trinajstić information content (AvgIpc) is 3.40. The zero-order valence-corrected chi connectivity index (χ0v) is 18.3. The van der Waals surface area contributed by atoms with Crippen molar-refractivity contribution in [1.29, 1.82) is 0 Å². The van der Waals surface area contributed by atoms with E-state index in [9.17, 15) is 4.79 Å². The molecule has 0 unspecified atom stereocenters. The van der Waals surface area contributed by atoms with Gasteiger partial charge in [-0.2, -0.15) is 0 Å². The Morgan fingerprint density at radius 2 is 1.90 bits per heavy atom. The van der Waals surface area contributed by atoms with E-state index in [1.54, 1.807) is 12.2 Å². The number of halogens is 1. The molecule has 2 aromatic heterocycles. The van der Waals surface area contributed by atoms with Crippen LogP contribution in [0, 0.1) is 0 Å². The highest BCUT2D eigenvalue weighted by atomic mass is 79.9. The maximum atomic E-state index is 12.2. The minimum atomic E-state index is -0.00768. The van der Waals surface area contributed by atoms with Crippen molar-refractivity contribution in [2.45, 2.75) is 20.0 Å². The van der Waals surface area contributed by atoms with E-state index in [1.807, 2.05) is 48.5 Å². The maximum absolute atomic E-state index is 12.2. The quantitative estimate of drug-likeness (QED) is 0.212. The van der Waals surface area contributed by atoms with Crippen LogP contribution in [0.1, 0.15) is 33.0 Å². The molecule has 0 aliphatic rings. The van der Waals surface area contributed by atoms with Crippen LogP contribution in [0.25, 0.3) is 16.8 Å². The Labute approximate surface area is 181 Å². The Morgan fingerprint density at radius 3 is 2.72 bits per heavy atom. The highest BCUT2D eigenvalue weighted by molar-refractivity contribution is 9.10. The van der Waals surface area contributed by atoms with Crippen LogP contribution < -0.4 is 4.74 Å². The Morgan fingerprint density at radius 1 is 1.07 bits per heavy atom. The van der Waals surface area contributed by atoms with Crippen molar-refractivity contribution in [3.8, 4) is 5.75 Å². The molecule has 0 saturated carbocycles. The Bertz CT molecular complexity index is 1190. The number of aryl methyl sites for hydroxylation is 1. The molecule has 0 bridgehead atoms. The highest BCUT2D eigenvalue weighted by Gasteiger charge is 2.07. The van der Waals surface area contributed by atoms with Gasteiger partial charge in [-0.05, 0) is 77.9 Å². The Balaban J connectivity index is 1.37. The van der Waals surface area contributed by atoms with Gasteiger partial charge in [0.05, 0.1) is 4.88 Å². The third kappa shape index (κ3) is 4.86. The van der Waals surface area contributed by atoms with Crippen molar-refractivity contribution in [2.24, 2.45) is 0 Å². The van der Waals surface area contributed by atoms with Crippen LogP contribution in [0.4, 0.5) is 0 Å². The van der Waals surface area contributed by atoms with Gasteiger partial charge in [0.15, 0.2) is 5.78 Å². The zero-order valence-electron chi connectivity index (χ0n) is 15.9. The number of hydrogen-bond donors (Lipinski definition) is 0. The molecule has 0 spiro atoms. The van der Waals surface area contributed by atoms with Crippen LogP contribution in [0.15, 0.2) is 75.6 Å². The summed E-state index contributed by atoms with van der Waals surface area (Å²) in [6.07, 6.45) is 4.19. The molecule has 3 nitrogen and oxygen atoms in total. The summed E-state index contributed by atoms with van der Waals surface area (Å²) >= 11 is 5.02. The molecule has 2 heterocycles. The minimum Gasteiger partial charge on any atom is -0.486 e. The van der Waals surface area contributed by atoms with Crippen LogP contribution in [-0.4, -0.2) is 5.78 Å². The van der Waals surface area contributed by atoms with E-state index in [0.29, 0.717) is 18.1 Å². The molecule has 0 atom stereocenters. The van der Waals surface area contributed by atoms with Gasteiger partial charge in [-0.1, -0.05) is 35.0 Å². The first-order valence-electron chi connectivity index (χ1n) is 9.32. The molecular formula is C24H19BrO3S. The molecule has 0 N–H and O–H groups in total. The molecule has 0 aliphatic heterocycles. The summed E-state index contributed by atoms with van der Waals surface area (Å²) in [5.74, 6) is 2.12. The molecule has 146 valence electrons. The fraction of sp³-hybridized carbons (Fsp3) is 0.125. The number of furan rings is 1. The molecule has 0 saturated heterocycles. The van der Waals surface area contributed by atoms with Crippen LogP contribution in [0.3, 0.4) is 0 Å². The summed E-state index contributed by atoms with van der Waals surface area (Å²) in [5, 5.41) is 2.27. The SMILES string of the molecule is CCc1ccc(C(=O)/C=C/c2ccc(COc3ccc4cc(Br)ccc4c3)o2)s1. The molecule has 29 heavy (non-hydrogen) atoms. The van der Waals surface area contributed by atoms with Gasteiger partial charge in [0, 0.05) is 9.35 Å². The van der Waals surface area contributed by atoms with Crippen LogP contribution in [0.5, 0.6) is 5.75 Å². The van der Waals surface area contributed by atoms with Crippen LogP contribution >= 0.6 is 27.3 Å². The number of benzene rings is 2. The van der Waals surface area contributed by atoms with E-state index in [4.69, 9.17) is 9.15 Å². The first-order chi connectivity index (χ1) is 14.1. The number of rotatable bonds is 7. The third-order valence-corrected chi connectivity index (χ3v) is 6.23. The predicted octanol–water partition coefficient (Wildman–Crippen LogP) is 7.29. The second-order valence-corrected chi connectivity index (χ2v) is 8.65. The van der Waals surface area contributed by atoms with E-state index in [2.05, 4.69) is 35.0 Å². The molecule has 0 aliphatic carbocycles. The van der Waals surface area contributed by atoms with Crippen molar-refractivity contribution >= 4 is 49.9 Å². The fourth-order valence-electron chi connectivity index (χ4n) is 2.94. The number of ketones is 1. The normalized spacial score (nSPS) is 11.4. The lowest BCUT2D eigenvalue weighted by Gasteiger charge is -2.06. The van der Waals surface area contributed by atoms with Gasteiger partial charge in [-0.15, -0.1) is 11.3 Å². The summed E-state index contributed by atoms with van der Waals surface area (Å²) in [6.45, 7) is 2.41. The van der Waals surface area contributed by atoms with Crippen molar-refractivity contribution in [3.63, 3.8) is 0 Å². The van der Waals surface area contributed by atoms with Gasteiger partial charge in [0.2, 0.25) is 0 Å². The van der Waals surface area contributed by atoms with Crippen molar-refractivity contribution < 1.29 is 13.9 Å². The van der Waals surface area contributed by atoms with E-state index < -0.39 is 0 Å². The molecule has 4 rings (SSSR count). The number of hydrogen-bond acceptors (Lipinski definition) is 4. The fourth-order valence-corrected chi connectivity index (χ4v) is 4.19. The summed E-state index contributed by atoms with van der Waals surface area (Å²) in [4.78, 5) is 14.2. The summed E-state index contributed by atoms with van der Waals surface area (Å²) in [6, 6.07) is 19.7. The lowest BCUT2D eigenvalue weighted by molar-refractivity contribution is 0.105. The van der Waals surface area contributed by atoms with Crippen LogP contribution in [-0.2, 0) is 13.0 Å². The van der Waals surface area contributed by atoms with Crippen molar-refractivity contribution in [2.75, 3.05) is 0 Å². The number of thiophene rings is 1. The molecule has 4 aromatic rings. The van der Waals surface area contributed by atoms with Gasteiger partial charge >= 0.3 is 0 Å². The number of ether oxygens (including phenoxy) is 1. The average molecular weight is 467 g/mol. The second-order valence-electron chi connectivity index (χ2n) is 6.56. The first kappa shape index (κ1) is 19.7. The number of allylic oxidation sites excluding steroid dienone is 1. The first-order valence-corrected chi connectivity index (χ1v) is 10.9. The lowest BCUT2D eigenvalue weighted by Crippen LogP contribution is -1.93. The smallest absolute Gasteiger partial charge is 0.195 e. The number of carbonyl (C=O) groups excluding carboxylic acids is 1. The predicted molar refractivity (Wildman–Crippen MR) is 122 cm³/mol. The second kappa shape index (κ2) is 8.80. The van der Waals surface area contributed by atoms with Crippen LogP contribution in [0.2, 0.25) is 0 Å². The Hall–Kier alpha value is -2.63. The lowest BCUT2D eigenvalue weighted by atomic mass is 10.1. The van der Waals surface area contributed by atoms with Gasteiger partial charge in [0.1, 0.15) is 23.9 Å². The molecule has 0 fully saturated rings. The van der Waals surface area contributed by atoms with Crippen molar-refractivity contribution in [3.05, 3.63) is 92.5 Å². The molecule has 5 heteroatoms. The molecule has 2 aromatic carbocycles. The van der Waals surface area contributed by atoms with Gasteiger partial charge in [0.25, 0.3) is 0 Å². The standard InChI is InChI=1S/C24H19BrO3S/c1-2-22-10-12-24(29-22)23(26)11-9-19-7-8-21(28-19)15-27-20-6-4-16-13-18(25)5-3-17(16)14-20/h3-14H,2,15H2,1H3/b11-9+. The topological polar surface area (TPSA) is 39.4 Å². The van der Waals surface area contributed by atoms with E-state index in [0.717, 1.165) is 32.3 Å². The van der Waals surface area contributed by atoms with Gasteiger partial charge < -0.3 is 9.15 Å². The largest absolute Gasteiger partial charge is 0.486 e. The Kier molecular flexibility index (Phi) is 5.97.